The van der Waals surface area contributed by atoms with Crippen molar-refractivity contribution in [1.82, 2.24) is 0 Å². The first-order chi connectivity index (χ1) is 10.3. The summed E-state index contributed by atoms with van der Waals surface area (Å²) in [5.41, 5.74) is 2.36. The standard InChI is InChI=1S/C18H20O2S/c19-18(16-2-1-3-17-15(16)10-11-21-17)12-4-6-13(7-5-12)20-14-8-9-14/h4-7,10-11,14,16,18-19H,1-3,8-9H2. The predicted octanol–water partition coefficient (Wildman–Crippen LogP) is 4.44. The summed E-state index contributed by atoms with van der Waals surface area (Å²) in [5.74, 6) is 1.17. The van der Waals surface area contributed by atoms with Crippen molar-refractivity contribution in [3.05, 3.63) is 51.7 Å². The molecule has 2 aliphatic carbocycles. The van der Waals surface area contributed by atoms with Crippen LogP contribution in [0.1, 0.15) is 53.7 Å². The van der Waals surface area contributed by atoms with E-state index >= 15 is 0 Å². The Bertz CT molecular complexity index is 612. The minimum Gasteiger partial charge on any atom is -0.490 e. The number of aliphatic hydroxyl groups is 1. The summed E-state index contributed by atoms with van der Waals surface area (Å²) in [5, 5.41) is 12.9. The molecule has 3 heteroatoms. The Balaban J connectivity index is 1.53. The van der Waals surface area contributed by atoms with Crippen molar-refractivity contribution in [3.8, 4) is 5.75 Å². The van der Waals surface area contributed by atoms with Crippen LogP contribution in [0.2, 0.25) is 0 Å². The van der Waals surface area contributed by atoms with E-state index < -0.39 is 6.10 Å². The summed E-state index contributed by atoms with van der Waals surface area (Å²) >= 11 is 1.83. The molecule has 2 unspecified atom stereocenters. The smallest absolute Gasteiger partial charge is 0.119 e. The fourth-order valence-electron chi connectivity index (χ4n) is 3.20. The first kappa shape index (κ1) is 13.4. The van der Waals surface area contributed by atoms with Crippen LogP contribution in [0.15, 0.2) is 35.7 Å². The minimum absolute atomic E-state index is 0.246. The fourth-order valence-corrected chi connectivity index (χ4v) is 4.20. The van der Waals surface area contributed by atoms with Crippen LogP contribution in [-0.4, -0.2) is 11.2 Å². The third-order valence-electron chi connectivity index (χ3n) is 4.53. The zero-order chi connectivity index (χ0) is 14.2. The number of aliphatic hydroxyl groups excluding tert-OH is 1. The number of hydrogen-bond donors (Lipinski definition) is 1. The van der Waals surface area contributed by atoms with E-state index in [4.69, 9.17) is 4.74 Å². The quantitative estimate of drug-likeness (QED) is 0.904. The highest BCUT2D eigenvalue weighted by atomic mass is 32.1. The van der Waals surface area contributed by atoms with Crippen molar-refractivity contribution in [2.45, 2.75) is 50.2 Å². The summed E-state index contributed by atoms with van der Waals surface area (Å²) in [7, 11) is 0. The Morgan fingerprint density at radius 1 is 1.10 bits per heavy atom. The molecule has 21 heavy (non-hydrogen) atoms. The van der Waals surface area contributed by atoms with E-state index in [1.54, 1.807) is 0 Å². The lowest BCUT2D eigenvalue weighted by atomic mass is 9.81. The average Bonchev–Trinajstić information content (AvgIpc) is 3.20. The van der Waals surface area contributed by atoms with Crippen LogP contribution in [0.5, 0.6) is 5.75 Å². The van der Waals surface area contributed by atoms with E-state index in [0.29, 0.717) is 6.10 Å². The topological polar surface area (TPSA) is 29.5 Å². The molecule has 2 aromatic rings. The van der Waals surface area contributed by atoms with E-state index in [9.17, 15) is 5.11 Å². The lowest BCUT2D eigenvalue weighted by molar-refractivity contribution is 0.136. The normalized spacial score (nSPS) is 22.6. The van der Waals surface area contributed by atoms with Crippen LogP contribution in [0.4, 0.5) is 0 Å². The number of benzene rings is 1. The molecular formula is C18H20O2S. The second-order valence-corrected chi connectivity index (χ2v) is 7.13. The maximum absolute atomic E-state index is 10.8. The molecule has 0 aliphatic heterocycles. The van der Waals surface area contributed by atoms with Gasteiger partial charge < -0.3 is 9.84 Å². The molecule has 1 heterocycles. The molecule has 1 fully saturated rings. The Morgan fingerprint density at radius 3 is 2.67 bits per heavy atom. The highest BCUT2D eigenvalue weighted by Gasteiger charge is 2.28. The van der Waals surface area contributed by atoms with Crippen molar-refractivity contribution in [2.75, 3.05) is 0 Å². The molecule has 0 amide bonds. The lowest BCUT2D eigenvalue weighted by Gasteiger charge is -2.27. The van der Waals surface area contributed by atoms with Gasteiger partial charge in [-0.1, -0.05) is 12.1 Å². The monoisotopic (exact) mass is 300 g/mol. The van der Waals surface area contributed by atoms with E-state index in [1.165, 1.54) is 36.1 Å². The van der Waals surface area contributed by atoms with Crippen molar-refractivity contribution in [2.24, 2.45) is 0 Å². The molecule has 1 N–H and O–H groups in total. The van der Waals surface area contributed by atoms with Gasteiger partial charge >= 0.3 is 0 Å². The molecule has 4 rings (SSSR count). The number of thiophene rings is 1. The van der Waals surface area contributed by atoms with E-state index in [2.05, 4.69) is 11.4 Å². The van der Waals surface area contributed by atoms with Gasteiger partial charge in [0.1, 0.15) is 5.75 Å². The molecule has 0 saturated heterocycles. The van der Waals surface area contributed by atoms with E-state index in [1.807, 2.05) is 35.6 Å². The van der Waals surface area contributed by atoms with Crippen molar-refractivity contribution in [3.63, 3.8) is 0 Å². The predicted molar refractivity (Wildman–Crippen MR) is 85.0 cm³/mol. The summed E-state index contributed by atoms with van der Waals surface area (Å²) in [6.45, 7) is 0. The molecule has 0 spiro atoms. The van der Waals surface area contributed by atoms with Gasteiger partial charge in [-0.15, -0.1) is 11.3 Å². The van der Waals surface area contributed by atoms with Crippen molar-refractivity contribution >= 4 is 11.3 Å². The van der Waals surface area contributed by atoms with Crippen LogP contribution < -0.4 is 4.74 Å². The first-order valence-corrected chi connectivity index (χ1v) is 8.70. The van der Waals surface area contributed by atoms with Gasteiger partial charge in [-0.3, -0.25) is 0 Å². The third kappa shape index (κ3) is 2.72. The Hall–Kier alpha value is -1.32. The summed E-state index contributed by atoms with van der Waals surface area (Å²) in [6, 6.07) is 10.2. The maximum Gasteiger partial charge on any atom is 0.119 e. The summed E-state index contributed by atoms with van der Waals surface area (Å²) in [6.07, 6.45) is 5.79. The molecule has 0 radical (unpaired) electrons. The molecule has 2 atom stereocenters. The second kappa shape index (κ2) is 5.47. The Morgan fingerprint density at radius 2 is 1.90 bits per heavy atom. The van der Waals surface area contributed by atoms with E-state index in [0.717, 1.165) is 17.7 Å². The minimum atomic E-state index is -0.409. The van der Waals surface area contributed by atoms with Gasteiger partial charge in [-0.25, -0.2) is 0 Å². The second-order valence-electron chi connectivity index (χ2n) is 6.13. The van der Waals surface area contributed by atoms with Gasteiger partial charge in [-0.2, -0.15) is 0 Å². The summed E-state index contributed by atoms with van der Waals surface area (Å²) < 4.78 is 5.77. The molecule has 1 aromatic carbocycles. The summed E-state index contributed by atoms with van der Waals surface area (Å²) in [4.78, 5) is 1.46. The number of ether oxygens (including phenoxy) is 1. The van der Waals surface area contributed by atoms with Crippen molar-refractivity contribution < 1.29 is 9.84 Å². The SMILES string of the molecule is OC(c1ccc(OC2CC2)cc1)C1CCCc2sccc21. The van der Waals surface area contributed by atoms with Gasteiger partial charge in [0, 0.05) is 10.8 Å². The third-order valence-corrected chi connectivity index (χ3v) is 5.52. The molecular weight excluding hydrogens is 280 g/mol. The zero-order valence-electron chi connectivity index (χ0n) is 12.0. The first-order valence-electron chi connectivity index (χ1n) is 7.82. The molecule has 110 valence electrons. The molecule has 1 saturated carbocycles. The molecule has 1 aromatic heterocycles. The number of fused-ring (bicyclic) bond motifs is 1. The molecule has 2 nitrogen and oxygen atoms in total. The van der Waals surface area contributed by atoms with Crippen LogP contribution in [0.3, 0.4) is 0 Å². The molecule has 0 bridgehead atoms. The van der Waals surface area contributed by atoms with Gasteiger partial charge in [0.2, 0.25) is 0 Å². The van der Waals surface area contributed by atoms with Gasteiger partial charge in [0.05, 0.1) is 12.2 Å². The number of hydrogen-bond acceptors (Lipinski definition) is 3. The highest BCUT2D eigenvalue weighted by molar-refractivity contribution is 7.10. The Kier molecular flexibility index (Phi) is 3.48. The van der Waals surface area contributed by atoms with E-state index in [-0.39, 0.29) is 5.92 Å². The number of aryl methyl sites for hydroxylation is 1. The lowest BCUT2D eigenvalue weighted by Crippen LogP contribution is -2.15. The number of rotatable bonds is 4. The fraction of sp³-hybridized carbons (Fsp3) is 0.444. The van der Waals surface area contributed by atoms with Gasteiger partial charge in [0.25, 0.3) is 0 Å². The van der Waals surface area contributed by atoms with Crippen molar-refractivity contribution in [1.29, 1.82) is 0 Å². The molecule has 2 aliphatic rings. The van der Waals surface area contributed by atoms with Crippen LogP contribution in [0, 0.1) is 0 Å². The Labute approximate surface area is 129 Å². The average molecular weight is 300 g/mol. The van der Waals surface area contributed by atoms with Crippen LogP contribution in [-0.2, 0) is 6.42 Å². The van der Waals surface area contributed by atoms with Crippen LogP contribution in [0.25, 0.3) is 0 Å². The zero-order valence-corrected chi connectivity index (χ0v) is 12.8. The van der Waals surface area contributed by atoms with Gasteiger partial charge in [0.15, 0.2) is 0 Å². The van der Waals surface area contributed by atoms with Gasteiger partial charge in [-0.05, 0) is 66.8 Å². The highest BCUT2D eigenvalue weighted by Crippen LogP contribution is 2.42. The van der Waals surface area contributed by atoms with Crippen LogP contribution >= 0.6 is 11.3 Å². The largest absolute Gasteiger partial charge is 0.490 e. The maximum atomic E-state index is 10.8.